The number of hydrogen-bond donors (Lipinski definition) is 3. The van der Waals surface area contributed by atoms with E-state index in [1.807, 2.05) is 0 Å². The Morgan fingerprint density at radius 1 is 1.20 bits per heavy atom. The maximum Gasteiger partial charge on any atom is 0.490 e. The molecule has 0 aliphatic carbocycles. The second-order valence-corrected chi connectivity index (χ2v) is 8.67. The molecule has 14 heteroatoms. The molecule has 2 atom stereocenters. The lowest BCUT2D eigenvalue weighted by molar-refractivity contribution is -0.192. The zero-order valence-corrected chi connectivity index (χ0v) is 18.0. The van der Waals surface area contributed by atoms with Gasteiger partial charge in [-0.2, -0.15) is 13.2 Å². The molecule has 3 amide bonds. The number of halogens is 5. The van der Waals surface area contributed by atoms with E-state index in [-0.39, 0.29) is 44.2 Å². The molecule has 9 nitrogen and oxygen atoms in total. The number of carboxylic acids is 1. The van der Waals surface area contributed by atoms with E-state index in [0.717, 1.165) is 0 Å². The zero-order valence-electron chi connectivity index (χ0n) is 18.0. The largest absolute Gasteiger partial charge is 0.492 e. The number of imide groups is 1. The number of fused-ring (bicyclic) bond motifs is 4. The summed E-state index contributed by atoms with van der Waals surface area (Å²) in [5, 5.41) is 12.1. The van der Waals surface area contributed by atoms with E-state index in [4.69, 9.17) is 14.6 Å². The molecule has 5 rings (SSSR count). The molecule has 1 aromatic rings. The number of aliphatic carboxylic acids is 1. The third-order valence-corrected chi connectivity index (χ3v) is 6.66. The number of rotatable bonds is 1. The zero-order chi connectivity index (χ0) is 25.8. The van der Waals surface area contributed by atoms with E-state index in [1.54, 1.807) is 12.1 Å². The number of carboxylic acid groups (broad SMARTS) is 1. The second-order valence-electron chi connectivity index (χ2n) is 8.67. The highest BCUT2D eigenvalue weighted by atomic mass is 19.4. The third-order valence-electron chi connectivity index (χ3n) is 6.66. The Balaban J connectivity index is 0.000000364. The standard InChI is InChI=1S/C19H19F2N3O4.C2HF3O2/c20-19(21)8-22-6-5-18(19)9-28-15-11-7-24(13-3-4-14(25)23-16(13)26)17(27)10(11)1-2-12(15)18;3-2(4,5)1(6)7/h1-2,13,22H,3-9H2,(H,23,25,26);(H,6,7). The van der Waals surface area contributed by atoms with E-state index in [9.17, 15) is 36.3 Å². The van der Waals surface area contributed by atoms with Crippen LogP contribution in [0.3, 0.4) is 0 Å². The summed E-state index contributed by atoms with van der Waals surface area (Å²) in [6.45, 7) is 0.0502. The van der Waals surface area contributed by atoms with Gasteiger partial charge in [-0.25, -0.2) is 13.6 Å². The first-order chi connectivity index (χ1) is 16.3. The van der Waals surface area contributed by atoms with Crippen molar-refractivity contribution in [3.05, 3.63) is 28.8 Å². The van der Waals surface area contributed by atoms with Gasteiger partial charge in [0.25, 0.3) is 11.8 Å². The van der Waals surface area contributed by atoms with Crippen LogP contribution >= 0.6 is 0 Å². The van der Waals surface area contributed by atoms with Crippen molar-refractivity contribution in [2.45, 2.75) is 49.4 Å². The minimum atomic E-state index is -5.08. The lowest BCUT2D eigenvalue weighted by atomic mass is 9.71. The number of amides is 3. The van der Waals surface area contributed by atoms with Crippen molar-refractivity contribution in [3.63, 3.8) is 0 Å². The third kappa shape index (κ3) is 4.09. The van der Waals surface area contributed by atoms with Crippen LogP contribution in [-0.4, -0.2) is 71.5 Å². The predicted octanol–water partition coefficient (Wildman–Crippen LogP) is 1.34. The van der Waals surface area contributed by atoms with Crippen LogP contribution < -0.4 is 15.4 Å². The Morgan fingerprint density at radius 3 is 2.49 bits per heavy atom. The molecule has 4 aliphatic heterocycles. The van der Waals surface area contributed by atoms with Crippen molar-refractivity contribution in [2.75, 3.05) is 19.7 Å². The topological polar surface area (TPSA) is 125 Å². The van der Waals surface area contributed by atoms with Crippen LogP contribution in [0.5, 0.6) is 5.75 Å². The molecule has 190 valence electrons. The van der Waals surface area contributed by atoms with Gasteiger partial charge >= 0.3 is 12.1 Å². The summed E-state index contributed by atoms with van der Waals surface area (Å²) in [6.07, 6.45) is -4.43. The lowest BCUT2D eigenvalue weighted by Gasteiger charge is -2.40. The summed E-state index contributed by atoms with van der Waals surface area (Å²) in [4.78, 5) is 46.7. The van der Waals surface area contributed by atoms with Gasteiger partial charge in [-0.3, -0.25) is 19.7 Å². The van der Waals surface area contributed by atoms with E-state index in [1.165, 1.54) is 4.90 Å². The van der Waals surface area contributed by atoms with E-state index in [2.05, 4.69) is 10.6 Å². The van der Waals surface area contributed by atoms with Crippen LogP contribution in [0.25, 0.3) is 0 Å². The summed E-state index contributed by atoms with van der Waals surface area (Å²) in [7, 11) is 0. The summed E-state index contributed by atoms with van der Waals surface area (Å²) in [6, 6.07) is 2.40. The van der Waals surface area contributed by atoms with Gasteiger partial charge < -0.3 is 20.1 Å². The second kappa shape index (κ2) is 8.43. The Kier molecular flexibility index (Phi) is 5.98. The normalized spacial score (nSPS) is 26.9. The highest BCUT2D eigenvalue weighted by Crippen LogP contribution is 2.54. The van der Waals surface area contributed by atoms with Gasteiger partial charge in [0.1, 0.15) is 18.4 Å². The molecule has 35 heavy (non-hydrogen) atoms. The van der Waals surface area contributed by atoms with Gasteiger partial charge in [0.15, 0.2) is 0 Å². The summed E-state index contributed by atoms with van der Waals surface area (Å²) < 4.78 is 67.1. The van der Waals surface area contributed by atoms with E-state index in [0.29, 0.717) is 29.0 Å². The fraction of sp³-hybridized carbons (Fsp3) is 0.524. The molecule has 1 spiro atoms. The highest BCUT2D eigenvalue weighted by molar-refractivity contribution is 6.05. The smallest absolute Gasteiger partial charge is 0.490 e. The lowest BCUT2D eigenvalue weighted by Crippen LogP contribution is -2.57. The van der Waals surface area contributed by atoms with Crippen molar-refractivity contribution in [1.82, 2.24) is 15.5 Å². The molecule has 0 bridgehead atoms. The van der Waals surface area contributed by atoms with Gasteiger partial charge in [-0.15, -0.1) is 0 Å². The minimum absolute atomic E-state index is 0.115. The number of alkyl halides is 5. The Morgan fingerprint density at radius 2 is 1.89 bits per heavy atom. The van der Waals surface area contributed by atoms with Crippen molar-refractivity contribution in [1.29, 1.82) is 0 Å². The first kappa shape index (κ1) is 24.8. The van der Waals surface area contributed by atoms with Gasteiger partial charge in [0, 0.05) is 23.1 Å². The van der Waals surface area contributed by atoms with Crippen LogP contribution in [0.4, 0.5) is 22.0 Å². The number of piperidine rings is 2. The average molecular weight is 505 g/mol. The van der Waals surface area contributed by atoms with Gasteiger partial charge in [-0.05, 0) is 25.5 Å². The quantitative estimate of drug-likeness (QED) is 0.389. The van der Waals surface area contributed by atoms with Crippen LogP contribution in [0.15, 0.2) is 12.1 Å². The van der Waals surface area contributed by atoms with Crippen molar-refractivity contribution in [3.8, 4) is 5.75 Å². The summed E-state index contributed by atoms with van der Waals surface area (Å²) in [5.74, 6) is -6.57. The van der Waals surface area contributed by atoms with Crippen LogP contribution in [0.2, 0.25) is 0 Å². The van der Waals surface area contributed by atoms with Crippen LogP contribution in [-0.2, 0) is 26.3 Å². The number of ether oxygens (including phenoxy) is 1. The number of nitrogens with one attached hydrogen (secondary N) is 2. The van der Waals surface area contributed by atoms with Crippen molar-refractivity contribution < 1.29 is 51.0 Å². The van der Waals surface area contributed by atoms with Gasteiger partial charge in [0.05, 0.1) is 18.5 Å². The first-order valence-electron chi connectivity index (χ1n) is 10.6. The van der Waals surface area contributed by atoms with E-state index < -0.39 is 42.0 Å². The number of carbonyl (C=O) groups is 4. The maximum absolute atomic E-state index is 14.8. The monoisotopic (exact) mass is 505 g/mol. The Labute approximate surface area is 194 Å². The molecule has 4 heterocycles. The minimum Gasteiger partial charge on any atom is -0.492 e. The first-order valence-corrected chi connectivity index (χ1v) is 10.6. The fourth-order valence-corrected chi connectivity index (χ4v) is 4.84. The number of nitrogens with zero attached hydrogens (tertiary/aromatic N) is 1. The number of benzene rings is 1. The Hall–Kier alpha value is -3.29. The molecule has 0 saturated carbocycles. The molecule has 0 radical (unpaired) electrons. The van der Waals surface area contributed by atoms with Crippen molar-refractivity contribution >= 4 is 23.7 Å². The van der Waals surface area contributed by atoms with Crippen LogP contribution in [0, 0.1) is 0 Å². The Bertz CT molecular complexity index is 1110. The molecule has 1 aromatic carbocycles. The van der Waals surface area contributed by atoms with Crippen molar-refractivity contribution in [2.24, 2.45) is 0 Å². The maximum atomic E-state index is 14.8. The summed E-state index contributed by atoms with van der Waals surface area (Å²) >= 11 is 0. The highest BCUT2D eigenvalue weighted by Gasteiger charge is 2.61. The predicted molar refractivity (Wildman–Crippen MR) is 106 cm³/mol. The molecule has 2 unspecified atom stereocenters. The molecule has 4 aliphatic rings. The molecular formula is C21H20F5N3O6. The summed E-state index contributed by atoms with van der Waals surface area (Å²) in [5.41, 5.74) is -0.0277. The molecule has 3 N–H and O–H groups in total. The van der Waals surface area contributed by atoms with Crippen LogP contribution in [0.1, 0.15) is 40.7 Å². The van der Waals surface area contributed by atoms with Gasteiger partial charge in [-0.1, -0.05) is 6.07 Å². The number of hydrogen-bond acceptors (Lipinski definition) is 6. The fourth-order valence-electron chi connectivity index (χ4n) is 4.84. The van der Waals surface area contributed by atoms with Gasteiger partial charge in [0.2, 0.25) is 11.8 Å². The number of carbonyl (C=O) groups excluding carboxylic acids is 3. The molecule has 0 aromatic heterocycles. The molecule has 2 fully saturated rings. The molecular weight excluding hydrogens is 485 g/mol. The van der Waals surface area contributed by atoms with E-state index >= 15 is 0 Å². The molecule has 2 saturated heterocycles. The SMILES string of the molecule is O=C(O)C(F)(F)F.O=C1CCC(N2Cc3c(ccc4c3OCC43CCNCC3(F)F)C2=O)C(=O)N1. The average Bonchev–Trinajstić information content (AvgIpc) is 3.30.